The summed E-state index contributed by atoms with van der Waals surface area (Å²) in [5.41, 5.74) is 11.9. The van der Waals surface area contributed by atoms with Gasteiger partial charge in [0.1, 0.15) is 6.79 Å². The molecule has 2 nitrogen and oxygen atoms in total. The smallest absolute Gasteiger partial charge is 0.106 e. The molecule has 0 aliphatic heterocycles. The van der Waals surface area contributed by atoms with Gasteiger partial charge in [-0.2, -0.15) is 0 Å². The number of rotatable bonds is 6. The number of hydrogen-bond acceptors (Lipinski definition) is 2. The van der Waals surface area contributed by atoms with Crippen molar-refractivity contribution in [1.29, 1.82) is 0 Å². The van der Waals surface area contributed by atoms with Crippen LogP contribution in [0.25, 0.3) is 38.2 Å². The lowest BCUT2D eigenvalue weighted by Gasteiger charge is -2.07. The topological polar surface area (TPSA) is 26.3 Å². The molecule has 0 bridgehead atoms. The van der Waals surface area contributed by atoms with Gasteiger partial charge in [0.15, 0.2) is 0 Å². The van der Waals surface area contributed by atoms with Crippen LogP contribution in [-0.4, -0.2) is 20.5 Å². The Hall–Kier alpha value is -6.09. The quantitative estimate of drug-likeness (QED) is 0.169. The predicted molar refractivity (Wildman–Crippen MR) is 246 cm³/mol. The van der Waals surface area contributed by atoms with Crippen molar-refractivity contribution in [2.75, 3.05) is 13.7 Å². The van der Waals surface area contributed by atoms with Crippen LogP contribution in [0.5, 0.6) is 0 Å². The number of hydrogen-bond donors (Lipinski definition) is 0. The van der Waals surface area contributed by atoms with E-state index < -0.39 is 0 Å². The average molecular weight is 749 g/mol. The highest BCUT2D eigenvalue weighted by molar-refractivity contribution is 5.86. The van der Waals surface area contributed by atoms with Crippen LogP contribution in [0, 0.1) is 32.6 Å². The standard InChI is InChI=1S/C23H22.2C11H10.C9H12O.CH2O/c1-16-3-6-20(7-4-16)21-11-9-19(10-12-21)17(2)13-18-5-8-22-15-23(22)14-18;2*1-9-5-4-7-10-6-2-3-8-11(9)10;1-10-8-7-9-5-3-2-4-6-9;1-2/h3-14,22-23H,15H2,1-2H3;2*2-8H,1H3;2-6H,7-8H2,1H3;1H2. The zero-order valence-electron chi connectivity index (χ0n) is 34.2. The van der Waals surface area contributed by atoms with Crippen molar-refractivity contribution in [3.05, 3.63) is 221 Å². The van der Waals surface area contributed by atoms with Gasteiger partial charge in [0.2, 0.25) is 0 Å². The fraction of sp³-hybridized carbons (Fsp3) is 0.182. The second-order valence-corrected chi connectivity index (χ2v) is 14.7. The highest BCUT2D eigenvalue weighted by Gasteiger charge is 2.34. The lowest BCUT2D eigenvalue weighted by atomic mass is 9.98. The first-order valence-electron chi connectivity index (χ1n) is 19.8. The summed E-state index contributed by atoms with van der Waals surface area (Å²) in [4.78, 5) is 8.00. The van der Waals surface area contributed by atoms with Crippen molar-refractivity contribution in [2.45, 2.75) is 40.5 Å². The largest absolute Gasteiger partial charge is 0.384 e. The Bertz CT molecular complexity index is 2290. The van der Waals surface area contributed by atoms with E-state index in [0.29, 0.717) is 0 Å². The van der Waals surface area contributed by atoms with Crippen LogP contribution < -0.4 is 0 Å². The van der Waals surface area contributed by atoms with Crippen molar-refractivity contribution >= 4 is 33.9 Å². The second-order valence-electron chi connectivity index (χ2n) is 14.7. The summed E-state index contributed by atoms with van der Waals surface area (Å²) in [5, 5.41) is 5.37. The Morgan fingerprint density at radius 3 is 1.65 bits per heavy atom. The van der Waals surface area contributed by atoms with Gasteiger partial charge in [-0.1, -0.05) is 194 Å². The van der Waals surface area contributed by atoms with E-state index in [9.17, 15) is 0 Å². The molecule has 7 aromatic carbocycles. The van der Waals surface area contributed by atoms with E-state index in [1.807, 2.05) is 25.0 Å². The molecule has 2 unspecified atom stereocenters. The Labute approximate surface area is 340 Å². The van der Waals surface area contributed by atoms with Gasteiger partial charge in [0, 0.05) is 7.11 Å². The van der Waals surface area contributed by atoms with Gasteiger partial charge in [-0.15, -0.1) is 0 Å². The molecule has 2 aliphatic rings. The molecule has 0 heterocycles. The summed E-state index contributed by atoms with van der Waals surface area (Å²) in [5.74, 6) is 1.64. The molecule has 0 aromatic heterocycles. The van der Waals surface area contributed by atoms with Crippen LogP contribution in [-0.2, 0) is 16.0 Å². The molecule has 2 atom stereocenters. The van der Waals surface area contributed by atoms with E-state index in [1.54, 1.807) is 7.11 Å². The van der Waals surface area contributed by atoms with E-state index in [4.69, 9.17) is 9.53 Å². The average Bonchev–Trinajstić information content (AvgIpc) is 4.05. The first-order valence-corrected chi connectivity index (χ1v) is 19.8. The number of allylic oxidation sites excluding steroid dienone is 6. The Kier molecular flexibility index (Phi) is 16.1. The van der Waals surface area contributed by atoms with Crippen LogP contribution in [0.3, 0.4) is 0 Å². The minimum Gasteiger partial charge on any atom is -0.384 e. The maximum Gasteiger partial charge on any atom is 0.106 e. The first-order chi connectivity index (χ1) is 27.9. The summed E-state index contributed by atoms with van der Waals surface area (Å²) >= 11 is 0. The van der Waals surface area contributed by atoms with Gasteiger partial charge in [-0.05, 0) is 118 Å². The van der Waals surface area contributed by atoms with Crippen molar-refractivity contribution in [3.8, 4) is 11.1 Å². The van der Waals surface area contributed by atoms with Crippen molar-refractivity contribution in [1.82, 2.24) is 0 Å². The van der Waals surface area contributed by atoms with Gasteiger partial charge in [0.05, 0.1) is 6.61 Å². The van der Waals surface area contributed by atoms with Gasteiger partial charge in [0.25, 0.3) is 0 Å². The molecule has 0 saturated heterocycles. The number of fused-ring (bicyclic) bond motifs is 3. The van der Waals surface area contributed by atoms with Crippen molar-refractivity contribution in [3.63, 3.8) is 0 Å². The lowest BCUT2D eigenvalue weighted by molar-refractivity contribution is -0.0980. The van der Waals surface area contributed by atoms with Gasteiger partial charge >= 0.3 is 0 Å². The Morgan fingerprint density at radius 1 is 0.614 bits per heavy atom. The zero-order chi connectivity index (χ0) is 40.4. The minimum atomic E-state index is 0.808. The van der Waals surface area contributed by atoms with Crippen LogP contribution in [0.4, 0.5) is 0 Å². The number of methoxy groups -OCH3 is 1. The molecule has 2 heteroatoms. The zero-order valence-corrected chi connectivity index (χ0v) is 34.2. The number of ether oxygens (including phenoxy) is 1. The fourth-order valence-electron chi connectivity index (χ4n) is 6.93. The second kappa shape index (κ2) is 21.9. The predicted octanol–water partition coefficient (Wildman–Crippen LogP) is 14.2. The Morgan fingerprint density at radius 2 is 1.12 bits per heavy atom. The maximum absolute atomic E-state index is 8.00. The molecule has 288 valence electrons. The Balaban J connectivity index is 0.000000154. The third kappa shape index (κ3) is 12.7. The van der Waals surface area contributed by atoms with Gasteiger partial charge < -0.3 is 9.53 Å². The van der Waals surface area contributed by atoms with Gasteiger partial charge in [-0.3, -0.25) is 0 Å². The van der Waals surface area contributed by atoms with Crippen LogP contribution in [0.15, 0.2) is 194 Å². The molecular formula is C55H56O2. The number of carbonyl (C=O) groups excluding carboxylic acids is 1. The van der Waals surface area contributed by atoms with Crippen molar-refractivity contribution < 1.29 is 9.53 Å². The molecule has 0 amide bonds. The third-order valence-corrected chi connectivity index (χ3v) is 10.4. The molecule has 7 aromatic rings. The summed E-state index contributed by atoms with van der Waals surface area (Å²) in [6, 6.07) is 57.6. The van der Waals surface area contributed by atoms with Crippen LogP contribution in [0.1, 0.15) is 41.2 Å². The molecule has 57 heavy (non-hydrogen) atoms. The van der Waals surface area contributed by atoms with E-state index in [-0.39, 0.29) is 0 Å². The SMILES string of the molecule is C=O.CC(=CC1=CC2CC2C=C1)c1ccc(-c2ccc(C)cc2)cc1.COCCc1ccccc1.Cc1cccc2ccccc12.Cc1cccc2ccccc12. The third-order valence-electron chi connectivity index (χ3n) is 10.4. The summed E-state index contributed by atoms with van der Waals surface area (Å²) in [6.45, 7) is 11.4. The van der Waals surface area contributed by atoms with E-state index in [1.165, 1.54) is 78.1 Å². The monoisotopic (exact) mass is 748 g/mol. The summed E-state index contributed by atoms with van der Waals surface area (Å²) < 4.78 is 4.95. The minimum absolute atomic E-state index is 0.808. The lowest BCUT2D eigenvalue weighted by Crippen LogP contribution is -1.92. The highest BCUT2D eigenvalue weighted by atomic mass is 16.5. The highest BCUT2D eigenvalue weighted by Crippen LogP contribution is 2.44. The van der Waals surface area contributed by atoms with Crippen LogP contribution >= 0.6 is 0 Å². The molecule has 1 saturated carbocycles. The van der Waals surface area contributed by atoms with Gasteiger partial charge in [-0.25, -0.2) is 0 Å². The molecular weight excluding hydrogens is 693 g/mol. The van der Waals surface area contributed by atoms with E-state index in [2.05, 4.69) is 198 Å². The molecule has 0 spiro atoms. The normalized spacial score (nSPS) is 14.8. The maximum atomic E-state index is 8.00. The number of carbonyl (C=O) groups is 1. The van der Waals surface area contributed by atoms with E-state index in [0.717, 1.165) is 24.9 Å². The molecule has 2 aliphatic carbocycles. The molecule has 0 radical (unpaired) electrons. The van der Waals surface area contributed by atoms with Crippen molar-refractivity contribution in [2.24, 2.45) is 11.8 Å². The van der Waals surface area contributed by atoms with Crippen LogP contribution in [0.2, 0.25) is 0 Å². The summed E-state index contributed by atoms with van der Waals surface area (Å²) in [6.07, 6.45) is 11.7. The summed E-state index contributed by atoms with van der Waals surface area (Å²) in [7, 11) is 1.73. The molecule has 9 rings (SSSR count). The number of benzene rings is 7. The fourth-order valence-corrected chi connectivity index (χ4v) is 6.93. The first kappa shape index (κ1) is 42.1. The molecule has 1 fully saturated rings. The number of aryl methyl sites for hydroxylation is 3. The van der Waals surface area contributed by atoms with E-state index >= 15 is 0 Å². The molecule has 0 N–H and O–H groups in total.